The van der Waals surface area contributed by atoms with Gasteiger partial charge in [0.25, 0.3) is 0 Å². The van der Waals surface area contributed by atoms with Crippen LogP contribution in [-0.2, 0) is 4.79 Å². The fourth-order valence-corrected chi connectivity index (χ4v) is 4.37. The first-order valence-corrected chi connectivity index (χ1v) is 8.80. The van der Waals surface area contributed by atoms with Crippen LogP contribution in [-0.4, -0.2) is 5.91 Å². The first-order chi connectivity index (χ1) is 11.2. The lowest BCUT2D eigenvalue weighted by atomic mass is 10.1. The standard InChI is InChI=1S/C19H17NO2S/c21-18-14-7-3-4-8-16(14)23-17-10-9-13(11-15(17)18)20-19(22)12-5-1-2-6-12/h3-4,7-12H,1-2,5-6H2,(H,20,22). The van der Waals surface area contributed by atoms with Crippen molar-refractivity contribution in [2.45, 2.75) is 25.7 Å². The largest absolute Gasteiger partial charge is 0.326 e. The van der Waals surface area contributed by atoms with Crippen molar-refractivity contribution in [1.29, 1.82) is 0 Å². The van der Waals surface area contributed by atoms with Crippen LogP contribution < -0.4 is 10.7 Å². The summed E-state index contributed by atoms with van der Waals surface area (Å²) in [5, 5.41) is 4.40. The van der Waals surface area contributed by atoms with Crippen LogP contribution >= 0.6 is 11.3 Å². The monoisotopic (exact) mass is 323 g/mol. The summed E-state index contributed by atoms with van der Waals surface area (Å²) in [4.78, 5) is 24.9. The lowest BCUT2D eigenvalue weighted by Gasteiger charge is -2.11. The summed E-state index contributed by atoms with van der Waals surface area (Å²) in [6, 6.07) is 13.3. The van der Waals surface area contributed by atoms with Gasteiger partial charge in [-0.3, -0.25) is 9.59 Å². The Labute approximate surface area is 138 Å². The number of anilines is 1. The van der Waals surface area contributed by atoms with Crippen LogP contribution in [0.3, 0.4) is 0 Å². The van der Waals surface area contributed by atoms with Crippen molar-refractivity contribution < 1.29 is 4.79 Å². The fraction of sp³-hybridized carbons (Fsp3) is 0.263. The minimum Gasteiger partial charge on any atom is -0.326 e. The molecule has 0 spiro atoms. The minimum absolute atomic E-state index is 0.0336. The van der Waals surface area contributed by atoms with Gasteiger partial charge in [0.2, 0.25) is 5.91 Å². The Bertz CT molecular complexity index is 954. The highest BCUT2D eigenvalue weighted by molar-refractivity contribution is 7.24. The van der Waals surface area contributed by atoms with E-state index in [2.05, 4.69) is 5.32 Å². The molecule has 0 radical (unpaired) electrons. The molecule has 1 N–H and O–H groups in total. The molecule has 116 valence electrons. The number of rotatable bonds is 2. The number of amides is 1. The summed E-state index contributed by atoms with van der Waals surface area (Å²) in [6.07, 6.45) is 4.21. The Morgan fingerprint density at radius 1 is 1.00 bits per heavy atom. The molecule has 1 heterocycles. The van der Waals surface area contributed by atoms with Gasteiger partial charge in [-0.15, -0.1) is 11.3 Å². The van der Waals surface area contributed by atoms with Gasteiger partial charge in [0, 0.05) is 31.8 Å². The van der Waals surface area contributed by atoms with E-state index < -0.39 is 0 Å². The molecule has 0 atom stereocenters. The molecule has 3 aromatic rings. The number of hydrogen-bond acceptors (Lipinski definition) is 3. The molecule has 2 aromatic carbocycles. The van der Waals surface area contributed by atoms with Crippen LogP contribution in [0.15, 0.2) is 47.3 Å². The quantitative estimate of drug-likeness (QED) is 0.704. The van der Waals surface area contributed by atoms with Gasteiger partial charge >= 0.3 is 0 Å². The number of fused-ring (bicyclic) bond motifs is 2. The number of hydrogen-bond donors (Lipinski definition) is 1. The fourth-order valence-electron chi connectivity index (χ4n) is 3.31. The molecule has 1 aliphatic rings. The third-order valence-corrected chi connectivity index (χ3v) is 5.72. The Hall–Kier alpha value is -2.20. The van der Waals surface area contributed by atoms with E-state index in [9.17, 15) is 9.59 Å². The van der Waals surface area contributed by atoms with Gasteiger partial charge in [0.05, 0.1) is 0 Å². The summed E-state index contributed by atoms with van der Waals surface area (Å²) in [6.45, 7) is 0. The number of nitrogens with one attached hydrogen (secondary N) is 1. The van der Waals surface area contributed by atoms with Gasteiger partial charge in [-0.2, -0.15) is 0 Å². The zero-order valence-corrected chi connectivity index (χ0v) is 13.5. The van der Waals surface area contributed by atoms with Crippen LogP contribution in [0.25, 0.3) is 20.2 Å². The minimum atomic E-state index is 0.0336. The third-order valence-electron chi connectivity index (χ3n) is 4.57. The van der Waals surface area contributed by atoms with Crippen LogP contribution in [0.5, 0.6) is 0 Å². The smallest absolute Gasteiger partial charge is 0.227 e. The van der Waals surface area contributed by atoms with E-state index in [1.54, 1.807) is 11.3 Å². The zero-order valence-electron chi connectivity index (χ0n) is 12.7. The summed E-state index contributed by atoms with van der Waals surface area (Å²) in [7, 11) is 0. The second kappa shape index (κ2) is 5.78. The lowest BCUT2D eigenvalue weighted by molar-refractivity contribution is -0.119. The molecule has 3 nitrogen and oxygen atoms in total. The Kier molecular flexibility index (Phi) is 3.62. The van der Waals surface area contributed by atoms with E-state index in [1.807, 2.05) is 42.5 Å². The van der Waals surface area contributed by atoms with Gasteiger partial charge in [-0.1, -0.05) is 25.0 Å². The molecular weight excluding hydrogens is 306 g/mol. The highest BCUT2D eigenvalue weighted by Crippen LogP contribution is 2.28. The van der Waals surface area contributed by atoms with Gasteiger partial charge in [0.15, 0.2) is 5.43 Å². The summed E-state index contributed by atoms with van der Waals surface area (Å²) in [5.41, 5.74) is 0.750. The van der Waals surface area contributed by atoms with Crippen LogP contribution in [0.1, 0.15) is 25.7 Å². The van der Waals surface area contributed by atoms with Crippen molar-refractivity contribution in [3.05, 3.63) is 52.7 Å². The normalized spacial score (nSPS) is 15.3. The average Bonchev–Trinajstić information content (AvgIpc) is 3.10. The summed E-state index contributed by atoms with van der Waals surface area (Å²) < 4.78 is 1.94. The van der Waals surface area contributed by atoms with Crippen molar-refractivity contribution in [2.24, 2.45) is 5.92 Å². The van der Waals surface area contributed by atoms with Crippen molar-refractivity contribution in [2.75, 3.05) is 5.32 Å². The van der Waals surface area contributed by atoms with Crippen LogP contribution in [0.4, 0.5) is 5.69 Å². The highest BCUT2D eigenvalue weighted by atomic mass is 32.1. The maximum Gasteiger partial charge on any atom is 0.227 e. The lowest BCUT2D eigenvalue weighted by Crippen LogP contribution is -2.20. The van der Waals surface area contributed by atoms with E-state index in [0.29, 0.717) is 11.1 Å². The number of benzene rings is 2. The zero-order chi connectivity index (χ0) is 15.8. The molecule has 1 aliphatic carbocycles. The van der Waals surface area contributed by atoms with Crippen molar-refractivity contribution >= 4 is 43.1 Å². The van der Waals surface area contributed by atoms with Gasteiger partial charge < -0.3 is 5.32 Å². The highest BCUT2D eigenvalue weighted by Gasteiger charge is 2.22. The first-order valence-electron chi connectivity index (χ1n) is 7.99. The molecule has 0 bridgehead atoms. The van der Waals surface area contributed by atoms with E-state index in [-0.39, 0.29) is 17.3 Å². The summed E-state index contributed by atoms with van der Waals surface area (Å²) >= 11 is 1.61. The number of carbonyl (C=O) groups excluding carboxylic acids is 1. The Balaban J connectivity index is 1.75. The molecule has 1 aromatic heterocycles. The molecule has 1 fully saturated rings. The molecule has 0 saturated heterocycles. The second-order valence-electron chi connectivity index (χ2n) is 6.11. The van der Waals surface area contributed by atoms with E-state index in [1.165, 1.54) is 0 Å². The topological polar surface area (TPSA) is 46.2 Å². The molecular formula is C19H17NO2S. The van der Waals surface area contributed by atoms with Crippen LogP contribution in [0, 0.1) is 5.92 Å². The van der Waals surface area contributed by atoms with Crippen molar-refractivity contribution in [3.8, 4) is 0 Å². The van der Waals surface area contributed by atoms with Gasteiger partial charge in [-0.05, 0) is 43.2 Å². The van der Waals surface area contributed by atoms with Crippen molar-refractivity contribution in [1.82, 2.24) is 0 Å². The van der Waals surface area contributed by atoms with E-state index in [0.717, 1.165) is 40.5 Å². The maximum atomic E-state index is 12.7. The third kappa shape index (κ3) is 2.63. The Morgan fingerprint density at radius 3 is 2.57 bits per heavy atom. The molecule has 4 heteroatoms. The average molecular weight is 323 g/mol. The molecule has 1 saturated carbocycles. The maximum absolute atomic E-state index is 12.7. The molecule has 0 aliphatic heterocycles. The van der Waals surface area contributed by atoms with Crippen LogP contribution in [0.2, 0.25) is 0 Å². The molecule has 23 heavy (non-hydrogen) atoms. The number of carbonyl (C=O) groups is 1. The summed E-state index contributed by atoms with van der Waals surface area (Å²) in [5.74, 6) is 0.204. The molecule has 1 amide bonds. The predicted molar refractivity (Wildman–Crippen MR) is 96.2 cm³/mol. The predicted octanol–water partition coefficient (Wildman–Crippen LogP) is 4.54. The molecule has 4 rings (SSSR count). The van der Waals surface area contributed by atoms with E-state index in [4.69, 9.17) is 0 Å². The van der Waals surface area contributed by atoms with Crippen molar-refractivity contribution in [3.63, 3.8) is 0 Å². The van der Waals surface area contributed by atoms with Gasteiger partial charge in [0.1, 0.15) is 0 Å². The SMILES string of the molecule is O=C(Nc1ccc2sc3ccccc3c(=O)c2c1)C1CCCC1. The second-order valence-corrected chi connectivity index (χ2v) is 7.19. The van der Waals surface area contributed by atoms with Gasteiger partial charge in [-0.25, -0.2) is 0 Å². The first kappa shape index (κ1) is 14.4. The van der Waals surface area contributed by atoms with E-state index >= 15 is 0 Å². The molecule has 0 unspecified atom stereocenters. The Morgan fingerprint density at radius 2 is 1.74 bits per heavy atom.